The topological polar surface area (TPSA) is 55.9 Å². The number of hydrogen-bond donors (Lipinski definition) is 2. The molecule has 0 spiro atoms. The molecule has 16 heavy (non-hydrogen) atoms. The van der Waals surface area contributed by atoms with E-state index in [1.165, 1.54) is 19.3 Å². The standard InChI is InChI=1S/C12H20N4/c1-16-5-4-11(15-16)14-7-10-8-2-3-9(6-8)12(10)13/h4-5,8-10,12H,2-3,6-7,13H2,1H3,(H,14,15). The van der Waals surface area contributed by atoms with Crippen LogP contribution in [0.15, 0.2) is 12.3 Å². The van der Waals surface area contributed by atoms with Crippen molar-refractivity contribution in [2.45, 2.75) is 25.3 Å². The summed E-state index contributed by atoms with van der Waals surface area (Å²) >= 11 is 0. The Morgan fingerprint density at radius 1 is 1.50 bits per heavy atom. The second-order valence-electron chi connectivity index (χ2n) is 5.33. The molecule has 3 rings (SSSR count). The lowest BCUT2D eigenvalue weighted by molar-refractivity contribution is 0.302. The van der Waals surface area contributed by atoms with Crippen LogP contribution in [0, 0.1) is 17.8 Å². The molecular weight excluding hydrogens is 200 g/mol. The Bertz CT molecular complexity index is 371. The van der Waals surface area contributed by atoms with Gasteiger partial charge in [0.1, 0.15) is 5.82 Å². The van der Waals surface area contributed by atoms with Gasteiger partial charge in [0.05, 0.1) is 0 Å². The van der Waals surface area contributed by atoms with Gasteiger partial charge in [0.15, 0.2) is 0 Å². The maximum Gasteiger partial charge on any atom is 0.147 e. The fourth-order valence-electron chi connectivity index (χ4n) is 3.49. The van der Waals surface area contributed by atoms with Crippen molar-refractivity contribution in [3.63, 3.8) is 0 Å². The van der Waals surface area contributed by atoms with Crippen molar-refractivity contribution >= 4 is 5.82 Å². The molecule has 3 N–H and O–H groups in total. The zero-order valence-corrected chi connectivity index (χ0v) is 9.76. The third-order valence-corrected chi connectivity index (χ3v) is 4.39. The predicted octanol–water partition coefficient (Wildman–Crippen LogP) is 1.21. The van der Waals surface area contributed by atoms with E-state index in [-0.39, 0.29) is 0 Å². The van der Waals surface area contributed by atoms with E-state index in [2.05, 4.69) is 10.4 Å². The molecule has 1 aromatic heterocycles. The minimum Gasteiger partial charge on any atom is -0.368 e. The zero-order valence-electron chi connectivity index (χ0n) is 9.76. The van der Waals surface area contributed by atoms with Crippen molar-refractivity contribution in [2.75, 3.05) is 11.9 Å². The first-order valence-electron chi connectivity index (χ1n) is 6.23. The predicted molar refractivity (Wildman–Crippen MR) is 64.0 cm³/mol. The highest BCUT2D eigenvalue weighted by Gasteiger charge is 2.45. The lowest BCUT2D eigenvalue weighted by atomic mass is 9.85. The molecule has 2 aliphatic rings. The van der Waals surface area contributed by atoms with E-state index >= 15 is 0 Å². The van der Waals surface area contributed by atoms with Crippen LogP contribution in [0.4, 0.5) is 5.82 Å². The third kappa shape index (κ3) is 1.61. The van der Waals surface area contributed by atoms with Gasteiger partial charge in [-0.05, 0) is 37.0 Å². The average Bonchev–Trinajstić information content (AvgIpc) is 2.92. The molecule has 4 atom stereocenters. The minimum absolute atomic E-state index is 0.412. The first-order valence-corrected chi connectivity index (χ1v) is 6.23. The molecule has 0 aromatic carbocycles. The zero-order chi connectivity index (χ0) is 11.1. The van der Waals surface area contributed by atoms with Gasteiger partial charge in [-0.25, -0.2) is 0 Å². The Labute approximate surface area is 96.2 Å². The second kappa shape index (κ2) is 3.77. The minimum atomic E-state index is 0.412. The average molecular weight is 220 g/mol. The SMILES string of the molecule is Cn1ccc(NCC2C3CCC(C3)C2N)n1. The van der Waals surface area contributed by atoms with Gasteiger partial charge in [0.2, 0.25) is 0 Å². The monoisotopic (exact) mass is 220 g/mol. The van der Waals surface area contributed by atoms with Gasteiger partial charge in [-0.3, -0.25) is 4.68 Å². The van der Waals surface area contributed by atoms with Crippen molar-refractivity contribution in [1.29, 1.82) is 0 Å². The van der Waals surface area contributed by atoms with Gasteiger partial charge in [-0.1, -0.05) is 0 Å². The Kier molecular flexibility index (Phi) is 2.39. The van der Waals surface area contributed by atoms with Gasteiger partial charge in [-0.2, -0.15) is 5.10 Å². The first-order chi connectivity index (χ1) is 7.74. The maximum atomic E-state index is 6.27. The molecule has 0 amide bonds. The van der Waals surface area contributed by atoms with E-state index < -0.39 is 0 Å². The molecule has 2 aliphatic carbocycles. The number of aromatic nitrogens is 2. The summed E-state index contributed by atoms with van der Waals surface area (Å²) < 4.78 is 1.82. The summed E-state index contributed by atoms with van der Waals surface area (Å²) in [7, 11) is 1.94. The van der Waals surface area contributed by atoms with Crippen LogP contribution >= 0.6 is 0 Å². The van der Waals surface area contributed by atoms with Crippen LogP contribution in [-0.2, 0) is 7.05 Å². The normalized spacial score (nSPS) is 36.9. The van der Waals surface area contributed by atoms with Crippen molar-refractivity contribution in [3.05, 3.63) is 12.3 Å². The quantitative estimate of drug-likeness (QED) is 0.805. The largest absolute Gasteiger partial charge is 0.368 e. The fraction of sp³-hybridized carbons (Fsp3) is 0.750. The Morgan fingerprint density at radius 2 is 2.31 bits per heavy atom. The van der Waals surface area contributed by atoms with Crippen LogP contribution in [0.1, 0.15) is 19.3 Å². The smallest absolute Gasteiger partial charge is 0.147 e. The Hall–Kier alpha value is -1.03. The van der Waals surface area contributed by atoms with E-state index in [1.807, 2.05) is 24.0 Å². The molecule has 2 bridgehead atoms. The van der Waals surface area contributed by atoms with Crippen LogP contribution in [0.2, 0.25) is 0 Å². The molecule has 2 saturated carbocycles. The lowest BCUT2D eigenvalue weighted by Crippen LogP contribution is -2.39. The number of nitrogens with two attached hydrogens (primary N) is 1. The van der Waals surface area contributed by atoms with Crippen molar-refractivity contribution < 1.29 is 0 Å². The molecule has 4 heteroatoms. The molecule has 0 saturated heterocycles. The van der Waals surface area contributed by atoms with Crippen LogP contribution in [0.5, 0.6) is 0 Å². The number of anilines is 1. The molecule has 4 nitrogen and oxygen atoms in total. The van der Waals surface area contributed by atoms with Crippen LogP contribution in [0.3, 0.4) is 0 Å². The molecule has 2 fully saturated rings. The number of rotatable bonds is 3. The molecule has 1 aromatic rings. The summed E-state index contributed by atoms with van der Waals surface area (Å²) in [6.45, 7) is 0.985. The van der Waals surface area contributed by atoms with Gasteiger partial charge < -0.3 is 11.1 Å². The number of hydrogen-bond acceptors (Lipinski definition) is 3. The van der Waals surface area contributed by atoms with E-state index in [9.17, 15) is 0 Å². The molecule has 88 valence electrons. The van der Waals surface area contributed by atoms with Gasteiger partial charge >= 0.3 is 0 Å². The van der Waals surface area contributed by atoms with Crippen LogP contribution in [-0.4, -0.2) is 22.4 Å². The van der Waals surface area contributed by atoms with Gasteiger partial charge in [0, 0.05) is 31.9 Å². The van der Waals surface area contributed by atoms with Crippen LogP contribution in [0.25, 0.3) is 0 Å². The summed E-state index contributed by atoms with van der Waals surface area (Å²) in [6, 6.07) is 2.42. The number of aryl methyl sites for hydroxylation is 1. The van der Waals surface area contributed by atoms with Crippen LogP contribution < -0.4 is 11.1 Å². The summed E-state index contributed by atoms with van der Waals surface area (Å²) in [5, 5.41) is 7.73. The van der Waals surface area contributed by atoms with Crippen molar-refractivity contribution in [3.8, 4) is 0 Å². The van der Waals surface area contributed by atoms with Crippen molar-refractivity contribution in [1.82, 2.24) is 9.78 Å². The van der Waals surface area contributed by atoms with Crippen molar-refractivity contribution in [2.24, 2.45) is 30.5 Å². The maximum absolute atomic E-state index is 6.27. The summed E-state index contributed by atoms with van der Waals surface area (Å²) in [5.74, 6) is 3.27. The summed E-state index contributed by atoms with van der Waals surface area (Å²) in [6.07, 6.45) is 6.05. The molecule has 0 radical (unpaired) electrons. The Morgan fingerprint density at radius 3 is 2.94 bits per heavy atom. The molecule has 4 unspecified atom stereocenters. The Balaban J connectivity index is 1.59. The highest BCUT2D eigenvalue weighted by molar-refractivity contribution is 5.32. The number of nitrogens with one attached hydrogen (secondary N) is 1. The molecule has 0 aliphatic heterocycles. The number of nitrogens with zero attached hydrogens (tertiary/aromatic N) is 2. The lowest BCUT2D eigenvalue weighted by Gasteiger charge is -2.28. The van der Waals surface area contributed by atoms with Gasteiger partial charge in [0.25, 0.3) is 0 Å². The van der Waals surface area contributed by atoms with E-state index in [0.717, 1.165) is 24.2 Å². The van der Waals surface area contributed by atoms with E-state index in [4.69, 9.17) is 5.73 Å². The first kappa shape index (κ1) is 10.1. The van der Waals surface area contributed by atoms with E-state index in [1.54, 1.807) is 0 Å². The van der Waals surface area contributed by atoms with Gasteiger partial charge in [-0.15, -0.1) is 0 Å². The molecule has 1 heterocycles. The highest BCUT2D eigenvalue weighted by Crippen LogP contribution is 2.47. The summed E-state index contributed by atoms with van der Waals surface area (Å²) in [5.41, 5.74) is 6.27. The molecular formula is C12H20N4. The number of fused-ring (bicyclic) bond motifs is 2. The fourth-order valence-corrected chi connectivity index (χ4v) is 3.49. The second-order valence-corrected chi connectivity index (χ2v) is 5.33. The summed E-state index contributed by atoms with van der Waals surface area (Å²) in [4.78, 5) is 0. The highest BCUT2D eigenvalue weighted by atomic mass is 15.3. The third-order valence-electron chi connectivity index (χ3n) is 4.39. The van der Waals surface area contributed by atoms with E-state index in [0.29, 0.717) is 12.0 Å².